The zero-order valence-electron chi connectivity index (χ0n) is 72.9. The minimum absolute atomic E-state index is 0. The van der Waals surface area contributed by atoms with Gasteiger partial charge in [-0.25, -0.2) is 57.7 Å². The molecule has 1 atom stereocenters. The molecule has 130 heavy (non-hydrogen) atoms. The van der Waals surface area contributed by atoms with Gasteiger partial charge in [0.2, 0.25) is 0 Å². The summed E-state index contributed by atoms with van der Waals surface area (Å²) in [5.41, 5.74) is 7.31. The monoisotopic (exact) mass is 8280 g/mol. The molecule has 0 saturated heterocycles. The zero-order chi connectivity index (χ0) is 27.9. The summed E-state index contributed by atoms with van der Waals surface area (Å²) in [6.45, 7) is 4.25. The molecule has 0 bridgehead atoms. The van der Waals surface area contributed by atoms with Crippen molar-refractivity contribution in [2.24, 2.45) is 20.0 Å². The number of aryl methyl sites for hydroxylation is 2. The molecule has 6 aliphatic rings. The number of aromatic nitrogens is 2. The number of nitrogens with zero attached hydrogens (tertiary/aromatic N) is 8. The average Bonchev–Trinajstić information content (AvgIpc) is 3.74. The van der Waals surface area contributed by atoms with Crippen LogP contribution in [-0.2, 0) is 2850 Å². The third-order valence-corrected chi connectivity index (χ3v) is 9.52. The summed E-state index contributed by atoms with van der Waals surface area (Å²) in [6.07, 6.45) is 0. The van der Waals surface area contributed by atoms with Crippen LogP contribution in [0.5, 0.6) is 0 Å². The zero-order valence-corrected chi connectivity index (χ0v) is 320. The van der Waals surface area contributed by atoms with Gasteiger partial charge in [0, 0.05) is 2850 Å². The van der Waals surface area contributed by atoms with Gasteiger partial charge in [0.15, 0.2) is 11.3 Å². The predicted molar refractivity (Wildman–Crippen MR) is 156 cm³/mol. The largest absolute Gasteiger partial charge is 0.352 e. The van der Waals surface area contributed by atoms with Gasteiger partial charge in [-0.15, -0.1) is 47.5 Å². The third kappa shape index (κ3) is 173. The van der Waals surface area contributed by atoms with E-state index in [1.165, 1.54) is 0 Å². The van der Waals surface area contributed by atoms with Gasteiger partial charge >= 0.3 is 5.91 Å². The standard InChI is InChI=1S/C35H14N8.87Y/c1-17-9-7-15-23-25(17)33-38-29-21-13-5-6-14-22(21)30-39-34-26-18(2)10-8-16-24(26)32-37-28-20-12-4-3-11-19(20)27-36-31(23)42(33)35(40(27)28,41(29)30)43(32)34;;;;;;;;;;;;;;;;;;;;;;;;;;;;;;;;;;;;;;;;;;;;;;;;;;;;;;;;;;;;;;;;;;;;;;;;;;;;;;;;;;;;;;;/h3-10H,1-2H3;;;;;;;;;;;;;;;;;;;;;;;;;;;;;;;;;;;;;;;;;;;;;;;;;;;;;;;;;;;;;;;;;;;;;;;;;;;;;;;;;;;;;;;/q-4;;;;;;;;;;;;;;;;;;;;;;;;;;;;;;;;;;;;;;;;;;;;;;;;;;;;;;;;;;;;;;;;;;;;;;;;;;;;;;;;;;;;;;;. The van der Waals surface area contributed by atoms with Crippen molar-refractivity contribution in [2.75, 3.05) is 0 Å². The molecule has 0 aliphatic carbocycles. The Morgan fingerprint density at radius 1 is 0.192 bits per heavy atom. The van der Waals surface area contributed by atoms with Crippen LogP contribution in [0.1, 0.15) is 33.4 Å². The van der Waals surface area contributed by atoms with Gasteiger partial charge in [0.25, 0.3) is 0 Å². The maximum Gasteiger partial charge on any atom is 0.352 e. The molecule has 2 aromatic heterocycles. The Balaban J connectivity index is -0.00000000453. The van der Waals surface area contributed by atoms with Gasteiger partial charge in [-0.3, -0.25) is 9.15 Å². The van der Waals surface area contributed by atoms with Crippen molar-refractivity contribution in [3.05, 3.63) is 129 Å². The second-order valence-electron chi connectivity index (χ2n) is 11.5. The Morgan fingerprint density at radius 2 is 0.377 bits per heavy atom. The van der Waals surface area contributed by atoms with E-state index < -0.39 is 5.91 Å². The summed E-state index contributed by atoms with van der Waals surface area (Å²) in [5.74, 6) is 3.62. The molecule has 1 spiro atoms. The normalized spacial score (nSPS) is 6.75. The van der Waals surface area contributed by atoms with Gasteiger partial charge in [0.05, 0.1) is 0 Å². The summed E-state index contributed by atoms with van der Waals surface area (Å²) in [7, 11) is 0. The Kier molecular flexibility index (Phi) is 1260. The first-order valence-corrected chi connectivity index (χ1v) is 14.1. The molecular weight excluding hydrogens is 8270 g/mol. The Hall–Kier alpha value is 90.3. The van der Waals surface area contributed by atoms with Crippen LogP contribution in [0.4, 0.5) is 11.6 Å². The number of fused-ring (bicyclic) bond motifs is 12. The van der Waals surface area contributed by atoms with Gasteiger partial charge in [-0.05, 0) is 10.8 Å². The van der Waals surface area contributed by atoms with E-state index in [1.54, 1.807) is 0 Å². The fourth-order valence-electron chi connectivity index (χ4n) is 7.91. The molecule has 95 heteroatoms. The number of amidine groups is 4. The SMILES string of the molecule is Cc1cc[c-]c2c3n4c(c12)N=C1c2[c-]cc[c-]c2C2=[N+]1C41n4c(c5[c-]ccc(C)c5c4=N2)=NC2=[N+]1C(=N3)c1[c-]cc[c-]c12.[Y].[Y].[Y].[Y].[Y].[Y].[Y].[Y].[Y].[Y].[Y].[Y].[Y].[Y].[Y].[Y].[Y].[Y].[Y].[Y].[Y].[Y].[Y].[Y].[Y].[Y].[Y].[Y].[Y].[Y].[Y].[Y].[Y].[Y].[Y].[Y].[Y].[Y].[Y].[Y].[Y].[Y].[Y].[Y].[Y].[Y].[Y].[Y].[Y].[Y].[Y].[Y].[Y].[Y].[Y].[Y].[Y].[Y].[Y].[Y].[Y].[Y].[Y].[Y].[Y].[Y].[Y].[Y].[Y].[Y].[Y].[Y].[Y].[Y].[Y].[Y].[Y].[Y].[Y].[Y].[Y].[Y].[Y].[Y].[Y].[Y].[Y]. The topological polar surface area (TPSA) is 65.3 Å². The van der Waals surface area contributed by atoms with Gasteiger partial charge < -0.3 is 0 Å². The van der Waals surface area contributed by atoms with Crippen LogP contribution < -0.4 is 11.0 Å². The van der Waals surface area contributed by atoms with E-state index in [9.17, 15) is 0 Å². The Bertz CT molecular complexity index is 2860. The second kappa shape index (κ2) is 321. The van der Waals surface area contributed by atoms with Gasteiger partial charge in [-0.2, -0.15) is 42.2 Å². The van der Waals surface area contributed by atoms with Crippen molar-refractivity contribution in [3.63, 3.8) is 0 Å². The van der Waals surface area contributed by atoms with Crippen molar-refractivity contribution < 1.29 is 2850 Å². The van der Waals surface area contributed by atoms with E-state index in [-0.39, 0.29) is 2850 Å². The summed E-state index contributed by atoms with van der Waals surface area (Å²) < 4.78 is 8.98. The van der Waals surface area contributed by atoms with Crippen molar-refractivity contribution in [1.29, 1.82) is 0 Å². The van der Waals surface area contributed by atoms with E-state index in [2.05, 4.69) is 80.7 Å². The second-order valence-corrected chi connectivity index (χ2v) is 11.5. The maximum absolute atomic E-state index is 5.40. The van der Waals surface area contributed by atoms with E-state index in [1.807, 2.05) is 36.4 Å². The fraction of sp³-hybridized carbons (Fsp3) is 0.0857. The molecular formula is C35H14N8Y87-4. The minimum Gasteiger partial charge on any atom is -0.253 e. The summed E-state index contributed by atoms with van der Waals surface area (Å²) in [5, 5.41) is 3.90. The number of hydrogen-bond donors (Lipinski definition) is 0. The molecule has 87 radical (unpaired) electrons. The smallest absolute Gasteiger partial charge is 0.253 e. The molecule has 0 fully saturated rings. The summed E-state index contributed by atoms with van der Waals surface area (Å²) in [6, 6.07) is 36.6. The first kappa shape index (κ1) is 509. The quantitative estimate of drug-likeness (QED) is 0.166. The molecule has 12 rings (SSSR count). The molecule has 1 unspecified atom stereocenters. The van der Waals surface area contributed by atoms with Crippen LogP contribution in [0.25, 0.3) is 21.5 Å². The van der Waals surface area contributed by atoms with Crippen molar-refractivity contribution in [3.8, 4) is 0 Å². The molecule has 6 aliphatic heterocycles. The number of benzene rings is 4. The van der Waals surface area contributed by atoms with Crippen molar-refractivity contribution in [1.82, 2.24) is 9.13 Å². The first-order chi connectivity index (χ1) is 21.2. The minimum atomic E-state index is -1.06. The maximum atomic E-state index is 5.40. The van der Waals surface area contributed by atoms with Crippen molar-refractivity contribution in [2.45, 2.75) is 19.8 Å². The molecule has 459 valence electrons. The van der Waals surface area contributed by atoms with Gasteiger partial charge in [0.1, 0.15) is 34.6 Å². The van der Waals surface area contributed by atoms with E-state index in [4.69, 9.17) is 20.0 Å². The number of rotatable bonds is 0. The first-order valence-electron chi connectivity index (χ1n) is 14.1. The van der Waals surface area contributed by atoms with E-state index >= 15 is 0 Å². The van der Waals surface area contributed by atoms with Crippen LogP contribution in [0, 0.1) is 50.2 Å². The van der Waals surface area contributed by atoms with Crippen LogP contribution in [0.15, 0.2) is 68.5 Å². The molecule has 0 N–H and O–H groups in total. The summed E-state index contributed by atoms with van der Waals surface area (Å²) in [4.78, 5) is 21.5. The van der Waals surface area contributed by atoms with Crippen LogP contribution in [-0.4, -0.2) is 41.6 Å². The number of hydrogen-bond acceptors (Lipinski definition) is 4. The van der Waals surface area contributed by atoms with E-state index in [0.717, 1.165) is 101 Å². The molecule has 0 saturated carbocycles. The summed E-state index contributed by atoms with van der Waals surface area (Å²) >= 11 is 0. The van der Waals surface area contributed by atoms with Crippen molar-refractivity contribution >= 4 is 56.5 Å². The molecule has 0 amide bonds. The molecule has 8 heterocycles. The Labute approximate surface area is 2970 Å². The third-order valence-electron chi connectivity index (χ3n) is 9.52. The Morgan fingerprint density at radius 3 is 0.600 bits per heavy atom. The van der Waals surface area contributed by atoms with Crippen LogP contribution in [0.2, 0.25) is 0 Å². The van der Waals surface area contributed by atoms with Crippen LogP contribution >= 0.6 is 0 Å². The van der Waals surface area contributed by atoms with E-state index in [0.29, 0.717) is 0 Å². The molecule has 6 aromatic rings. The molecule has 4 aromatic carbocycles. The predicted octanol–water partition coefficient (Wildman–Crippen LogP) is 2.91. The average molecular weight is 8280 g/mol. The molecule has 8 nitrogen and oxygen atoms in total. The number of aliphatic imine (C=N–C) groups is 2. The van der Waals surface area contributed by atoms with Gasteiger partial charge in [-0.1, -0.05) is 24.6 Å². The van der Waals surface area contributed by atoms with Crippen LogP contribution in [0.3, 0.4) is 0 Å². The fourth-order valence-corrected chi connectivity index (χ4v) is 7.91.